The number of hydrogen-bond acceptors (Lipinski definition) is 3. The van der Waals surface area contributed by atoms with Gasteiger partial charge in [-0.25, -0.2) is 0 Å². The second-order valence-electron chi connectivity index (χ2n) is 3.54. The molecule has 1 aromatic rings. The molecule has 3 heteroatoms. The molecule has 1 saturated heterocycles. The molecule has 0 amide bonds. The second kappa shape index (κ2) is 4.33. The number of ether oxygens (including phenoxy) is 2. The van der Waals surface area contributed by atoms with Gasteiger partial charge in [-0.15, -0.1) is 0 Å². The predicted molar refractivity (Wildman–Crippen MR) is 52.5 cm³/mol. The van der Waals surface area contributed by atoms with Gasteiger partial charge in [-0.2, -0.15) is 0 Å². The van der Waals surface area contributed by atoms with Crippen molar-refractivity contribution in [2.75, 3.05) is 19.8 Å². The lowest BCUT2D eigenvalue weighted by molar-refractivity contribution is -0.0401. The lowest BCUT2D eigenvalue weighted by Crippen LogP contribution is -2.28. The first-order valence-electron chi connectivity index (χ1n) is 4.84. The molecule has 1 heterocycles. The Labute approximate surface area is 83.3 Å². The van der Waals surface area contributed by atoms with Crippen molar-refractivity contribution in [1.82, 2.24) is 0 Å². The number of benzene rings is 1. The van der Waals surface area contributed by atoms with E-state index in [1.54, 1.807) is 18.2 Å². The van der Waals surface area contributed by atoms with Crippen LogP contribution >= 0.6 is 0 Å². The molecular formula is C11H14O3. The van der Waals surface area contributed by atoms with Crippen LogP contribution in [0.3, 0.4) is 0 Å². The first-order chi connectivity index (χ1) is 6.84. The predicted octanol–water partition coefficient (Wildman–Crippen LogP) is 1.81. The van der Waals surface area contributed by atoms with Gasteiger partial charge in [0.15, 0.2) is 0 Å². The number of aromatic hydroxyl groups is 1. The summed E-state index contributed by atoms with van der Waals surface area (Å²) in [6.07, 6.45) is 1.02. The van der Waals surface area contributed by atoms with Gasteiger partial charge in [0.1, 0.15) is 11.5 Å². The smallest absolute Gasteiger partial charge is 0.122 e. The highest BCUT2D eigenvalue weighted by Gasteiger charge is 2.17. The average molecular weight is 194 g/mol. The van der Waals surface area contributed by atoms with Crippen LogP contribution in [0, 0.1) is 5.92 Å². The Balaban J connectivity index is 1.74. The van der Waals surface area contributed by atoms with Crippen LogP contribution in [-0.2, 0) is 4.74 Å². The van der Waals surface area contributed by atoms with Crippen LogP contribution < -0.4 is 4.74 Å². The zero-order chi connectivity index (χ0) is 9.80. The Bertz CT molecular complexity index is 294. The molecule has 0 unspecified atom stereocenters. The van der Waals surface area contributed by atoms with Crippen LogP contribution in [0.1, 0.15) is 6.42 Å². The third-order valence-corrected chi connectivity index (χ3v) is 2.32. The van der Waals surface area contributed by atoms with Crippen molar-refractivity contribution in [2.45, 2.75) is 6.42 Å². The summed E-state index contributed by atoms with van der Waals surface area (Å²) in [5.74, 6) is 1.63. The maximum Gasteiger partial charge on any atom is 0.122 e. The molecular weight excluding hydrogens is 180 g/mol. The van der Waals surface area contributed by atoms with Gasteiger partial charge in [0.2, 0.25) is 0 Å². The minimum absolute atomic E-state index is 0.245. The Morgan fingerprint density at radius 1 is 1.43 bits per heavy atom. The molecule has 14 heavy (non-hydrogen) atoms. The quantitative estimate of drug-likeness (QED) is 0.794. The molecule has 0 bridgehead atoms. The summed E-state index contributed by atoms with van der Waals surface area (Å²) in [7, 11) is 0. The van der Waals surface area contributed by atoms with Crippen molar-refractivity contribution in [3.8, 4) is 11.5 Å². The molecule has 2 rings (SSSR count). The second-order valence-corrected chi connectivity index (χ2v) is 3.54. The fraction of sp³-hybridized carbons (Fsp3) is 0.455. The number of phenols is 1. The molecule has 0 radical (unpaired) electrons. The van der Waals surface area contributed by atoms with Crippen LogP contribution in [0.5, 0.6) is 11.5 Å². The lowest BCUT2D eigenvalue weighted by atomic mass is 10.1. The van der Waals surface area contributed by atoms with Gasteiger partial charge >= 0.3 is 0 Å². The van der Waals surface area contributed by atoms with E-state index in [0.717, 1.165) is 25.4 Å². The summed E-state index contributed by atoms with van der Waals surface area (Å²) >= 11 is 0. The van der Waals surface area contributed by atoms with Crippen molar-refractivity contribution in [1.29, 1.82) is 0 Å². The van der Waals surface area contributed by atoms with E-state index in [9.17, 15) is 5.11 Å². The largest absolute Gasteiger partial charge is 0.508 e. The normalized spacial score (nSPS) is 16.3. The highest BCUT2D eigenvalue weighted by Crippen LogP contribution is 2.19. The Kier molecular flexibility index (Phi) is 2.89. The van der Waals surface area contributed by atoms with Crippen LogP contribution in [-0.4, -0.2) is 24.9 Å². The molecule has 3 nitrogen and oxygen atoms in total. The van der Waals surface area contributed by atoms with Crippen LogP contribution in [0.25, 0.3) is 0 Å². The number of rotatable bonds is 4. The highest BCUT2D eigenvalue weighted by molar-refractivity contribution is 5.31. The summed E-state index contributed by atoms with van der Waals surface area (Å²) in [6.45, 7) is 2.42. The van der Waals surface area contributed by atoms with Crippen molar-refractivity contribution in [2.24, 2.45) is 5.92 Å². The summed E-state index contributed by atoms with van der Waals surface area (Å²) in [6, 6.07) is 6.87. The lowest BCUT2D eigenvalue weighted by Gasteiger charge is -2.25. The number of phenolic OH excluding ortho intramolecular Hbond substituents is 1. The van der Waals surface area contributed by atoms with Gasteiger partial charge in [0.25, 0.3) is 0 Å². The standard InChI is InChI=1S/C11H14O3/c12-10-2-1-3-11(6-10)14-5-4-9-7-13-8-9/h1-3,6,9,12H,4-5,7-8H2. The van der Waals surface area contributed by atoms with Crippen molar-refractivity contribution < 1.29 is 14.6 Å². The molecule has 0 aromatic heterocycles. The van der Waals surface area contributed by atoms with Crippen molar-refractivity contribution >= 4 is 0 Å². The summed E-state index contributed by atoms with van der Waals surface area (Å²) in [5.41, 5.74) is 0. The summed E-state index contributed by atoms with van der Waals surface area (Å²) in [5, 5.41) is 9.18. The summed E-state index contributed by atoms with van der Waals surface area (Å²) in [4.78, 5) is 0. The van der Waals surface area contributed by atoms with E-state index in [2.05, 4.69) is 0 Å². The van der Waals surface area contributed by atoms with E-state index >= 15 is 0 Å². The molecule has 1 aliphatic heterocycles. The molecule has 1 aliphatic rings. The summed E-state index contributed by atoms with van der Waals surface area (Å²) < 4.78 is 10.5. The SMILES string of the molecule is Oc1cccc(OCCC2COC2)c1. The molecule has 0 saturated carbocycles. The minimum atomic E-state index is 0.245. The Morgan fingerprint density at radius 3 is 2.93 bits per heavy atom. The van der Waals surface area contributed by atoms with E-state index in [1.807, 2.05) is 6.07 Å². The molecule has 76 valence electrons. The third kappa shape index (κ3) is 2.39. The highest BCUT2D eigenvalue weighted by atomic mass is 16.5. The van der Waals surface area contributed by atoms with Gasteiger partial charge in [-0.05, 0) is 18.6 Å². The molecule has 1 fully saturated rings. The van der Waals surface area contributed by atoms with E-state index in [0.29, 0.717) is 12.5 Å². The molecule has 1 aromatic carbocycles. The molecule has 0 spiro atoms. The first-order valence-corrected chi connectivity index (χ1v) is 4.84. The van der Waals surface area contributed by atoms with E-state index in [-0.39, 0.29) is 5.75 Å². The van der Waals surface area contributed by atoms with Crippen molar-refractivity contribution in [3.63, 3.8) is 0 Å². The first kappa shape index (κ1) is 9.34. The van der Waals surface area contributed by atoms with Gasteiger partial charge in [0, 0.05) is 12.0 Å². The van der Waals surface area contributed by atoms with Gasteiger partial charge < -0.3 is 14.6 Å². The van der Waals surface area contributed by atoms with Crippen LogP contribution in [0.15, 0.2) is 24.3 Å². The fourth-order valence-electron chi connectivity index (χ4n) is 1.37. The van der Waals surface area contributed by atoms with Gasteiger partial charge in [-0.1, -0.05) is 6.07 Å². The van der Waals surface area contributed by atoms with E-state index in [1.165, 1.54) is 0 Å². The fourth-order valence-corrected chi connectivity index (χ4v) is 1.37. The minimum Gasteiger partial charge on any atom is -0.508 e. The van der Waals surface area contributed by atoms with Crippen molar-refractivity contribution in [3.05, 3.63) is 24.3 Å². The zero-order valence-electron chi connectivity index (χ0n) is 7.98. The zero-order valence-corrected chi connectivity index (χ0v) is 7.98. The Morgan fingerprint density at radius 2 is 2.29 bits per heavy atom. The van der Waals surface area contributed by atoms with E-state index < -0.39 is 0 Å². The monoisotopic (exact) mass is 194 g/mol. The average Bonchev–Trinajstić information content (AvgIpc) is 2.09. The topological polar surface area (TPSA) is 38.7 Å². The maximum atomic E-state index is 9.18. The van der Waals surface area contributed by atoms with Crippen LogP contribution in [0.2, 0.25) is 0 Å². The van der Waals surface area contributed by atoms with Gasteiger partial charge in [-0.3, -0.25) is 0 Å². The number of hydrogen-bond donors (Lipinski definition) is 1. The van der Waals surface area contributed by atoms with Gasteiger partial charge in [0.05, 0.1) is 19.8 Å². The Hall–Kier alpha value is -1.22. The van der Waals surface area contributed by atoms with E-state index in [4.69, 9.17) is 9.47 Å². The third-order valence-electron chi connectivity index (χ3n) is 2.32. The van der Waals surface area contributed by atoms with Crippen LogP contribution in [0.4, 0.5) is 0 Å². The molecule has 0 atom stereocenters. The molecule has 0 aliphatic carbocycles. The molecule has 1 N–H and O–H groups in total. The maximum absolute atomic E-state index is 9.18.